The monoisotopic (exact) mass is 262 g/mol. The summed E-state index contributed by atoms with van der Waals surface area (Å²) in [6, 6.07) is 0. The van der Waals surface area contributed by atoms with Crippen molar-refractivity contribution in [3.05, 3.63) is 0 Å². The summed E-state index contributed by atoms with van der Waals surface area (Å²) >= 11 is 0. The molecule has 0 bridgehead atoms. The van der Waals surface area contributed by atoms with E-state index in [4.69, 9.17) is 0 Å². The highest BCUT2D eigenvalue weighted by atomic mass is 31.2. The molecule has 0 saturated carbocycles. The average molecular weight is 262 g/mol. The summed E-state index contributed by atoms with van der Waals surface area (Å²) < 4.78 is 0. The lowest BCUT2D eigenvalue weighted by atomic mass is 10.3. The van der Waals surface area contributed by atoms with Crippen LogP contribution in [0.2, 0.25) is 0 Å². The van der Waals surface area contributed by atoms with Crippen molar-refractivity contribution in [1.82, 2.24) is 0 Å². The van der Waals surface area contributed by atoms with Crippen molar-refractivity contribution in [1.29, 1.82) is 0 Å². The predicted molar refractivity (Wildman–Crippen MR) is 94.8 cm³/mol. The van der Waals surface area contributed by atoms with Gasteiger partial charge in [0.05, 0.1) is 0 Å². The molecule has 0 rings (SSSR count). The Morgan fingerprint density at radius 2 is 0.875 bits per heavy atom. The van der Waals surface area contributed by atoms with E-state index in [1.807, 2.05) is 0 Å². The molecule has 0 aromatic heterocycles. The lowest BCUT2D eigenvalue weighted by Gasteiger charge is -2.44. The summed E-state index contributed by atoms with van der Waals surface area (Å²) in [6.07, 6.45) is 3.28. The number of hydrogen-bond acceptors (Lipinski definition) is 0. The van der Waals surface area contributed by atoms with E-state index >= 15 is 0 Å². The van der Waals surface area contributed by atoms with Gasteiger partial charge in [0.1, 0.15) is 15.1 Å². The van der Waals surface area contributed by atoms with Gasteiger partial charge < -0.3 is 0 Å². The summed E-state index contributed by atoms with van der Waals surface area (Å²) in [7, 11) is 0.145. The predicted octanol–water partition coefficient (Wildman–Crippen LogP) is 2.44. The van der Waals surface area contributed by atoms with E-state index in [1.165, 1.54) is 0 Å². The molecule has 0 spiro atoms. The third kappa shape index (κ3) is 4.34. The second kappa shape index (κ2) is 4.93. The molecule has 0 aromatic rings. The van der Waals surface area contributed by atoms with Gasteiger partial charge >= 0.3 is 0 Å². The van der Waals surface area contributed by atoms with Crippen LogP contribution in [-0.2, 0) is 0 Å². The molecule has 0 fully saturated rings. The minimum Gasteiger partial charge on any atom is -0.152 e. The fourth-order valence-electron chi connectivity index (χ4n) is 0.971. The smallest absolute Gasteiger partial charge is 0.127 e. The maximum Gasteiger partial charge on any atom is 0.127 e. The van der Waals surface area contributed by atoms with Crippen LogP contribution in [0, 0.1) is 0 Å². The average Bonchev–Trinajstić information content (AvgIpc) is 1.97. The van der Waals surface area contributed by atoms with E-state index in [2.05, 4.69) is 54.9 Å². The van der Waals surface area contributed by atoms with E-state index in [1.54, 1.807) is 12.3 Å². The Kier molecular flexibility index (Phi) is 5.24. The molecule has 0 aliphatic carbocycles. The van der Waals surface area contributed by atoms with Crippen molar-refractivity contribution in [3.63, 3.8) is 0 Å². The molecule has 0 saturated heterocycles. The summed E-state index contributed by atoms with van der Waals surface area (Å²) in [6.45, 7) is 20.4. The molecular weight excluding hydrogens is 228 g/mol. The zero-order valence-electron chi connectivity index (χ0n) is 11.3. The van der Waals surface area contributed by atoms with Gasteiger partial charge in [-0.2, -0.15) is 14.3 Å². The number of rotatable bonds is 3. The molecule has 0 heterocycles. The second-order valence-electron chi connectivity index (χ2n) is 6.18. The Hall–Kier alpha value is 0.990. The lowest BCUT2D eigenvalue weighted by Crippen LogP contribution is -2.28. The van der Waals surface area contributed by atoms with E-state index in [9.17, 15) is 0 Å². The highest BCUT2D eigenvalue weighted by molar-refractivity contribution is 8.01. The van der Waals surface area contributed by atoms with Crippen LogP contribution >= 0.6 is 14.3 Å². The maximum atomic E-state index is 2.68. The number of hydrogen-bond donors (Lipinski definition) is 0. The standard InChI is InChI=1S/C12H34B2P2/c1-11(2,3)15(7,13)9-10-16(8,14)12(4,5)6/h9-10H2,1-8,13-14H3. The van der Waals surface area contributed by atoms with Gasteiger partial charge in [0.25, 0.3) is 0 Å². The van der Waals surface area contributed by atoms with Gasteiger partial charge in [0, 0.05) is 36.0 Å². The first-order valence-corrected chi connectivity index (χ1v) is 9.42. The Labute approximate surface area is 107 Å². The highest BCUT2D eigenvalue weighted by Gasteiger charge is 2.39. The first-order chi connectivity index (χ1) is 6.71. The van der Waals surface area contributed by atoms with Gasteiger partial charge in [-0.15, -0.1) is 0 Å². The molecule has 0 nitrogen and oxygen atoms in total. The van der Waals surface area contributed by atoms with Crippen LogP contribution in [0.5, 0.6) is 0 Å². The summed E-state index contributed by atoms with van der Waals surface area (Å²) in [4.78, 5) is 0. The van der Waals surface area contributed by atoms with E-state index < -0.39 is 14.3 Å². The quantitative estimate of drug-likeness (QED) is 0.541. The fourth-order valence-corrected chi connectivity index (χ4v) is 4.71. The lowest BCUT2D eigenvalue weighted by molar-refractivity contribution is 0.773. The molecule has 0 aliphatic rings. The third-order valence-corrected chi connectivity index (χ3v) is 9.78. The molecule has 98 valence electrons. The molecule has 2 atom stereocenters. The SMILES string of the molecule is [BH3-][P+](C)(CC[P+]([BH3-])(C)C(C)(C)C)C(C)(C)C. The minimum atomic E-state index is -0.475. The molecule has 4 heteroatoms. The molecule has 2 unspecified atom stereocenters. The van der Waals surface area contributed by atoms with Gasteiger partial charge in [-0.05, 0) is 41.5 Å². The van der Waals surface area contributed by atoms with Gasteiger partial charge in [-0.1, -0.05) is 0 Å². The maximum absolute atomic E-state index is 2.68. The van der Waals surface area contributed by atoms with Crippen molar-refractivity contribution in [3.8, 4) is 0 Å². The zero-order valence-corrected chi connectivity index (χ0v) is 13.1. The highest BCUT2D eigenvalue weighted by Crippen LogP contribution is 2.68. The van der Waals surface area contributed by atoms with Crippen LogP contribution in [0.15, 0.2) is 0 Å². The molecule has 0 aliphatic heterocycles. The molecule has 0 amide bonds. The van der Waals surface area contributed by atoms with Gasteiger partial charge in [-0.25, -0.2) is 0 Å². The van der Waals surface area contributed by atoms with Crippen molar-refractivity contribution >= 4 is 29.4 Å². The second-order valence-corrected chi connectivity index (χ2v) is 12.6. The van der Waals surface area contributed by atoms with Crippen molar-refractivity contribution in [2.45, 2.75) is 51.9 Å². The van der Waals surface area contributed by atoms with E-state index in [-0.39, 0.29) is 0 Å². The molecule has 0 radical (unpaired) electrons. The zero-order chi connectivity index (χ0) is 13.4. The van der Waals surface area contributed by atoms with Crippen LogP contribution in [0.4, 0.5) is 0 Å². The van der Waals surface area contributed by atoms with Crippen LogP contribution in [0.1, 0.15) is 41.5 Å². The first-order valence-electron chi connectivity index (χ1n) is 5.47. The topological polar surface area (TPSA) is 0 Å². The molecular formula is C12H34B2P2. The first kappa shape index (κ1) is 17.0. The van der Waals surface area contributed by atoms with Crippen molar-refractivity contribution in [2.75, 3.05) is 25.7 Å². The normalized spacial score (nSPS) is 21.4. The van der Waals surface area contributed by atoms with Crippen molar-refractivity contribution in [2.24, 2.45) is 0 Å². The summed E-state index contributed by atoms with van der Waals surface area (Å²) in [5, 5.41) is 1.32. The van der Waals surface area contributed by atoms with Crippen LogP contribution in [0.3, 0.4) is 0 Å². The third-order valence-electron chi connectivity index (χ3n) is 3.06. The Morgan fingerprint density at radius 3 is 1.00 bits per heavy atom. The Morgan fingerprint density at radius 1 is 0.688 bits per heavy atom. The molecule has 16 heavy (non-hydrogen) atoms. The van der Waals surface area contributed by atoms with Gasteiger partial charge in [-0.3, -0.25) is 0 Å². The van der Waals surface area contributed by atoms with Gasteiger partial charge in [0.15, 0.2) is 0 Å². The van der Waals surface area contributed by atoms with Crippen LogP contribution in [0.25, 0.3) is 0 Å². The summed E-state index contributed by atoms with van der Waals surface area (Å²) in [5.41, 5.74) is 0. The minimum absolute atomic E-state index is 0.475. The van der Waals surface area contributed by atoms with E-state index in [0.29, 0.717) is 25.4 Å². The molecule has 0 N–H and O–H groups in total. The molecule has 0 aromatic carbocycles. The Balaban J connectivity index is 4.59. The summed E-state index contributed by atoms with van der Waals surface area (Å²) in [5.74, 6) is 0. The van der Waals surface area contributed by atoms with Crippen molar-refractivity contribution < 1.29 is 0 Å². The van der Waals surface area contributed by atoms with Gasteiger partial charge in [0.2, 0.25) is 0 Å². The van der Waals surface area contributed by atoms with Crippen LogP contribution < -0.4 is 0 Å². The Bertz CT molecular complexity index is 208. The van der Waals surface area contributed by atoms with E-state index in [0.717, 1.165) is 0 Å². The van der Waals surface area contributed by atoms with Crippen LogP contribution in [-0.4, -0.2) is 51.1 Å². The largest absolute Gasteiger partial charge is 0.152 e. The fraction of sp³-hybridized carbons (Fsp3) is 1.00.